The van der Waals surface area contributed by atoms with E-state index in [4.69, 9.17) is 11.6 Å². The molecule has 0 radical (unpaired) electrons. The average Bonchev–Trinajstić information content (AvgIpc) is 2.36. The van der Waals surface area contributed by atoms with Crippen LogP contribution in [0.3, 0.4) is 0 Å². The zero-order valence-corrected chi connectivity index (χ0v) is 10.8. The number of alkyl halides is 1. The van der Waals surface area contributed by atoms with Crippen LogP contribution in [0.1, 0.15) is 30.1 Å². The van der Waals surface area contributed by atoms with Crippen molar-refractivity contribution in [1.82, 2.24) is 5.32 Å². The minimum atomic E-state index is -0.557. The molecule has 0 aliphatic carbocycles. The van der Waals surface area contributed by atoms with Crippen molar-refractivity contribution in [1.29, 1.82) is 0 Å². The first-order chi connectivity index (χ1) is 8.56. The fraction of sp³-hybridized carbons (Fsp3) is 0.417. The summed E-state index contributed by atoms with van der Waals surface area (Å²) >= 11 is 5.56. The molecule has 18 heavy (non-hydrogen) atoms. The van der Waals surface area contributed by atoms with Gasteiger partial charge in [-0.15, -0.1) is 11.6 Å². The van der Waals surface area contributed by atoms with Crippen molar-refractivity contribution in [2.75, 3.05) is 5.88 Å². The van der Waals surface area contributed by atoms with Crippen LogP contribution in [0.15, 0.2) is 24.3 Å². The molecule has 0 saturated carbocycles. The number of hydrogen-bond acceptors (Lipinski definition) is 3. The van der Waals surface area contributed by atoms with Crippen LogP contribution in [0.4, 0.5) is 5.69 Å². The molecule has 0 spiro atoms. The molecule has 0 saturated heterocycles. The third-order valence-corrected chi connectivity index (χ3v) is 2.76. The summed E-state index contributed by atoms with van der Waals surface area (Å²) in [5.41, 5.74) is -0.0974. The number of nitro benzene ring substituents is 1. The van der Waals surface area contributed by atoms with Crippen LogP contribution in [-0.2, 0) is 0 Å². The molecule has 1 rings (SSSR count). The van der Waals surface area contributed by atoms with Gasteiger partial charge < -0.3 is 5.32 Å². The Bertz CT molecular complexity index is 437. The number of carbonyl (C=O) groups excluding carboxylic acids is 1. The second-order valence-electron chi connectivity index (χ2n) is 3.98. The molecule has 0 bridgehead atoms. The highest BCUT2D eigenvalue weighted by Gasteiger charge is 2.19. The average molecular weight is 271 g/mol. The van der Waals surface area contributed by atoms with Gasteiger partial charge in [0.05, 0.1) is 4.92 Å². The normalized spacial score (nSPS) is 11.9. The molecule has 0 heterocycles. The quantitative estimate of drug-likeness (QED) is 0.491. The zero-order valence-electron chi connectivity index (χ0n) is 10.1. The number of rotatable bonds is 6. The van der Waals surface area contributed by atoms with E-state index >= 15 is 0 Å². The third kappa shape index (κ3) is 4.00. The summed E-state index contributed by atoms with van der Waals surface area (Å²) in [6.45, 7) is 1.85. The number of nitrogens with zero attached hydrogens (tertiary/aromatic N) is 1. The lowest BCUT2D eigenvalue weighted by Crippen LogP contribution is -2.32. The van der Waals surface area contributed by atoms with E-state index in [0.717, 1.165) is 12.8 Å². The Hall–Kier alpha value is -1.62. The van der Waals surface area contributed by atoms with Crippen LogP contribution < -0.4 is 5.32 Å². The SMILES string of the molecule is CC(CCCCl)NC(=O)c1ccccc1[N+](=O)[O-]. The molecule has 0 aromatic heterocycles. The van der Waals surface area contributed by atoms with E-state index < -0.39 is 10.8 Å². The Balaban J connectivity index is 2.75. The molecular formula is C12H15ClN2O3. The lowest BCUT2D eigenvalue weighted by Gasteiger charge is -2.13. The van der Waals surface area contributed by atoms with Crippen LogP contribution in [-0.4, -0.2) is 22.8 Å². The Labute approximate surface area is 110 Å². The van der Waals surface area contributed by atoms with Crippen molar-refractivity contribution in [2.24, 2.45) is 0 Å². The number of amides is 1. The summed E-state index contributed by atoms with van der Waals surface area (Å²) in [7, 11) is 0. The van der Waals surface area contributed by atoms with Gasteiger partial charge in [0.15, 0.2) is 0 Å². The van der Waals surface area contributed by atoms with Gasteiger partial charge in [0, 0.05) is 18.0 Å². The summed E-state index contributed by atoms with van der Waals surface area (Å²) in [6.07, 6.45) is 1.54. The van der Waals surface area contributed by atoms with Crippen molar-refractivity contribution >= 4 is 23.2 Å². The van der Waals surface area contributed by atoms with E-state index in [-0.39, 0.29) is 17.3 Å². The molecule has 1 atom stereocenters. The number of para-hydroxylation sites is 1. The van der Waals surface area contributed by atoms with Crippen molar-refractivity contribution in [3.05, 3.63) is 39.9 Å². The molecule has 1 N–H and O–H groups in total. The van der Waals surface area contributed by atoms with E-state index in [9.17, 15) is 14.9 Å². The van der Waals surface area contributed by atoms with Crippen molar-refractivity contribution in [3.8, 4) is 0 Å². The first kappa shape index (κ1) is 14.4. The molecular weight excluding hydrogens is 256 g/mol. The Morgan fingerprint density at radius 3 is 2.78 bits per heavy atom. The number of nitro groups is 1. The minimum Gasteiger partial charge on any atom is -0.349 e. The van der Waals surface area contributed by atoms with Crippen molar-refractivity contribution in [3.63, 3.8) is 0 Å². The molecule has 5 nitrogen and oxygen atoms in total. The summed E-state index contributed by atoms with van der Waals surface area (Å²) < 4.78 is 0. The highest BCUT2D eigenvalue weighted by atomic mass is 35.5. The maximum Gasteiger partial charge on any atom is 0.282 e. The summed E-state index contributed by atoms with van der Waals surface area (Å²) in [5, 5.41) is 13.5. The van der Waals surface area contributed by atoms with Gasteiger partial charge >= 0.3 is 0 Å². The Kier molecular flexibility index (Phi) is 5.58. The van der Waals surface area contributed by atoms with Crippen molar-refractivity contribution in [2.45, 2.75) is 25.8 Å². The van der Waals surface area contributed by atoms with E-state index in [1.165, 1.54) is 18.2 Å². The van der Waals surface area contributed by atoms with E-state index in [1.54, 1.807) is 6.07 Å². The van der Waals surface area contributed by atoms with Gasteiger partial charge in [-0.3, -0.25) is 14.9 Å². The monoisotopic (exact) mass is 270 g/mol. The van der Waals surface area contributed by atoms with Gasteiger partial charge in [-0.1, -0.05) is 12.1 Å². The predicted octanol–water partition coefficient (Wildman–Crippen LogP) is 2.73. The lowest BCUT2D eigenvalue weighted by molar-refractivity contribution is -0.385. The third-order valence-electron chi connectivity index (χ3n) is 2.49. The van der Waals surface area contributed by atoms with E-state index in [1.807, 2.05) is 6.92 Å². The molecule has 0 fully saturated rings. The van der Waals surface area contributed by atoms with Crippen LogP contribution in [0, 0.1) is 10.1 Å². The van der Waals surface area contributed by atoms with Crippen LogP contribution in [0.2, 0.25) is 0 Å². The molecule has 0 aliphatic heterocycles. The van der Waals surface area contributed by atoms with Gasteiger partial charge in [0.2, 0.25) is 0 Å². The van der Waals surface area contributed by atoms with Gasteiger partial charge in [-0.25, -0.2) is 0 Å². The Morgan fingerprint density at radius 2 is 2.17 bits per heavy atom. The minimum absolute atomic E-state index is 0.0592. The Morgan fingerprint density at radius 1 is 1.50 bits per heavy atom. The summed E-state index contributed by atoms with van der Waals surface area (Å²) in [6, 6.07) is 5.84. The second kappa shape index (κ2) is 6.96. The molecule has 98 valence electrons. The molecule has 1 amide bonds. The van der Waals surface area contributed by atoms with E-state index in [0.29, 0.717) is 5.88 Å². The maximum absolute atomic E-state index is 11.9. The number of hydrogen-bond donors (Lipinski definition) is 1. The number of nitrogens with one attached hydrogen (secondary N) is 1. The largest absolute Gasteiger partial charge is 0.349 e. The van der Waals surface area contributed by atoms with Gasteiger partial charge in [0.1, 0.15) is 5.56 Å². The lowest BCUT2D eigenvalue weighted by atomic mass is 10.1. The fourth-order valence-electron chi connectivity index (χ4n) is 1.58. The molecule has 6 heteroatoms. The number of benzene rings is 1. The van der Waals surface area contributed by atoms with Crippen LogP contribution in [0.25, 0.3) is 0 Å². The smallest absolute Gasteiger partial charge is 0.282 e. The topological polar surface area (TPSA) is 72.2 Å². The maximum atomic E-state index is 11.9. The standard InChI is InChI=1S/C12H15ClN2O3/c1-9(5-4-8-13)14-12(16)10-6-2-3-7-11(10)15(17)18/h2-3,6-7,9H,4-5,8H2,1H3,(H,14,16). The highest BCUT2D eigenvalue weighted by Crippen LogP contribution is 2.17. The summed E-state index contributed by atoms with van der Waals surface area (Å²) in [4.78, 5) is 22.1. The zero-order chi connectivity index (χ0) is 13.5. The predicted molar refractivity (Wildman–Crippen MR) is 70.0 cm³/mol. The molecule has 0 aliphatic rings. The molecule has 1 unspecified atom stereocenters. The van der Waals surface area contributed by atoms with Gasteiger partial charge in [-0.05, 0) is 25.8 Å². The fourth-order valence-corrected chi connectivity index (χ4v) is 1.74. The number of carbonyl (C=O) groups is 1. The van der Waals surface area contributed by atoms with E-state index in [2.05, 4.69) is 5.32 Å². The first-order valence-electron chi connectivity index (χ1n) is 5.66. The molecule has 1 aromatic rings. The number of halogens is 1. The first-order valence-corrected chi connectivity index (χ1v) is 6.20. The van der Waals surface area contributed by atoms with Gasteiger partial charge in [0.25, 0.3) is 11.6 Å². The summed E-state index contributed by atoms with van der Waals surface area (Å²) in [5.74, 6) is 0.107. The molecule has 1 aromatic carbocycles. The van der Waals surface area contributed by atoms with Crippen LogP contribution in [0.5, 0.6) is 0 Å². The van der Waals surface area contributed by atoms with Crippen molar-refractivity contribution < 1.29 is 9.72 Å². The second-order valence-corrected chi connectivity index (χ2v) is 4.36. The highest BCUT2D eigenvalue weighted by molar-refractivity contribution is 6.17. The van der Waals surface area contributed by atoms with Gasteiger partial charge in [-0.2, -0.15) is 0 Å². The van der Waals surface area contributed by atoms with Crippen LogP contribution >= 0.6 is 11.6 Å².